The summed E-state index contributed by atoms with van der Waals surface area (Å²) in [6, 6.07) is 15.8. The summed E-state index contributed by atoms with van der Waals surface area (Å²) in [6.07, 6.45) is 1.86. The van der Waals surface area contributed by atoms with E-state index in [0.29, 0.717) is 28.5 Å². The number of nitrogens with zero attached hydrogens (tertiary/aromatic N) is 4. The lowest BCUT2D eigenvalue weighted by atomic mass is 10.0. The molecule has 3 heterocycles. The maximum Gasteiger partial charge on any atom is 0.339 e. The second kappa shape index (κ2) is 9.14. The summed E-state index contributed by atoms with van der Waals surface area (Å²) < 4.78 is 10.7. The van der Waals surface area contributed by atoms with E-state index in [1.165, 1.54) is 11.3 Å². The Morgan fingerprint density at radius 1 is 1.03 bits per heavy atom. The molecule has 5 rings (SSSR count). The van der Waals surface area contributed by atoms with Gasteiger partial charge >= 0.3 is 17.8 Å². The van der Waals surface area contributed by atoms with Gasteiger partial charge in [-0.05, 0) is 61.0 Å². The van der Waals surface area contributed by atoms with Crippen molar-refractivity contribution in [3.8, 4) is 5.75 Å². The fraction of sp³-hybridized carbons (Fsp3) is 0.192. The van der Waals surface area contributed by atoms with E-state index in [1.807, 2.05) is 19.1 Å². The van der Waals surface area contributed by atoms with Gasteiger partial charge in [-0.25, -0.2) is 19.6 Å². The van der Waals surface area contributed by atoms with E-state index in [9.17, 15) is 19.2 Å². The third-order valence-electron chi connectivity index (χ3n) is 6.10. The van der Waals surface area contributed by atoms with E-state index in [2.05, 4.69) is 5.10 Å². The minimum absolute atomic E-state index is 0.258. The molecule has 0 spiro atoms. The van der Waals surface area contributed by atoms with E-state index in [-0.39, 0.29) is 5.69 Å². The molecule has 10 nitrogen and oxygen atoms in total. The van der Waals surface area contributed by atoms with Gasteiger partial charge in [-0.3, -0.25) is 14.4 Å². The van der Waals surface area contributed by atoms with Crippen LogP contribution in [-0.2, 0) is 14.4 Å². The predicted molar refractivity (Wildman–Crippen MR) is 128 cm³/mol. The van der Waals surface area contributed by atoms with Crippen LogP contribution in [0.2, 0.25) is 0 Å². The van der Waals surface area contributed by atoms with Gasteiger partial charge in [0.2, 0.25) is 0 Å². The molecule has 5 amide bonds. The first-order valence-electron chi connectivity index (χ1n) is 11.2. The third kappa shape index (κ3) is 4.02. The molecule has 0 bridgehead atoms. The summed E-state index contributed by atoms with van der Waals surface area (Å²) >= 11 is 0. The van der Waals surface area contributed by atoms with Crippen LogP contribution in [0, 0.1) is 6.92 Å². The van der Waals surface area contributed by atoms with Crippen molar-refractivity contribution >= 4 is 35.2 Å². The number of carbonyl (C=O) groups is 4. The van der Waals surface area contributed by atoms with Gasteiger partial charge in [-0.1, -0.05) is 17.7 Å². The second-order valence-electron chi connectivity index (χ2n) is 8.40. The Labute approximate surface area is 206 Å². The standard InChI is InChI=1S/C26H22N4O6/c1-16-5-9-18(10-6-16)29-25(33)24(32)28(26(29)34)15-23(31)30-21(22-4-3-13-36-22)14-20(27-30)17-7-11-19(35-2)12-8-17/h3-13,21H,14-15H2,1-2H3/t21-/m0/s1. The number of hydrogen-bond acceptors (Lipinski definition) is 7. The molecule has 0 N–H and O–H groups in total. The van der Waals surface area contributed by atoms with Crippen LogP contribution in [0.25, 0.3) is 0 Å². The molecule has 0 aliphatic carbocycles. The maximum absolute atomic E-state index is 13.4. The number of furan rings is 1. The highest BCUT2D eigenvalue weighted by molar-refractivity contribution is 6.53. The number of ether oxygens (including phenoxy) is 1. The molecule has 3 aromatic rings. The van der Waals surface area contributed by atoms with Gasteiger partial charge in [0.05, 0.1) is 24.8 Å². The van der Waals surface area contributed by atoms with Crippen LogP contribution in [0.5, 0.6) is 5.75 Å². The number of carbonyl (C=O) groups excluding carboxylic acids is 4. The van der Waals surface area contributed by atoms with Gasteiger partial charge in [0.15, 0.2) is 0 Å². The van der Waals surface area contributed by atoms with Gasteiger partial charge in [0.1, 0.15) is 24.1 Å². The summed E-state index contributed by atoms with van der Waals surface area (Å²) in [6.45, 7) is 1.22. The van der Waals surface area contributed by atoms with Gasteiger partial charge in [-0.2, -0.15) is 5.10 Å². The third-order valence-corrected chi connectivity index (χ3v) is 6.10. The monoisotopic (exact) mass is 486 g/mol. The first kappa shape index (κ1) is 23.0. The summed E-state index contributed by atoms with van der Waals surface area (Å²) in [5.41, 5.74) is 2.61. The molecule has 1 saturated heterocycles. The molecule has 1 fully saturated rings. The summed E-state index contributed by atoms with van der Waals surface area (Å²) in [4.78, 5) is 53.0. The minimum Gasteiger partial charge on any atom is -0.497 e. The van der Waals surface area contributed by atoms with Crippen LogP contribution in [0.3, 0.4) is 0 Å². The van der Waals surface area contributed by atoms with Crippen LogP contribution < -0.4 is 9.64 Å². The zero-order chi connectivity index (χ0) is 25.4. The Bertz CT molecular complexity index is 1360. The van der Waals surface area contributed by atoms with Crippen LogP contribution >= 0.6 is 0 Å². The normalized spacial score (nSPS) is 17.7. The fourth-order valence-corrected chi connectivity index (χ4v) is 4.17. The molecule has 0 unspecified atom stereocenters. The number of hydrogen-bond donors (Lipinski definition) is 0. The number of benzene rings is 2. The highest BCUT2D eigenvalue weighted by atomic mass is 16.5. The van der Waals surface area contributed by atoms with Gasteiger partial charge in [0, 0.05) is 6.42 Å². The molecule has 1 aromatic heterocycles. The maximum atomic E-state index is 13.4. The molecule has 0 radical (unpaired) electrons. The SMILES string of the molecule is COc1ccc(C2=NN(C(=O)CN3C(=O)C(=O)N(c4ccc(C)cc4)C3=O)[C@H](c3ccco3)C2)cc1. The molecule has 1 atom stereocenters. The lowest BCUT2D eigenvalue weighted by molar-refractivity contribution is -0.143. The molecule has 10 heteroatoms. The molecule has 36 heavy (non-hydrogen) atoms. The number of urea groups is 1. The zero-order valence-electron chi connectivity index (χ0n) is 19.6. The Kier molecular flexibility index (Phi) is 5.85. The van der Waals surface area contributed by atoms with E-state index in [0.717, 1.165) is 16.0 Å². The number of amides is 5. The van der Waals surface area contributed by atoms with Crippen molar-refractivity contribution in [2.24, 2.45) is 5.10 Å². The molecule has 0 saturated carbocycles. The quantitative estimate of drug-likeness (QED) is 0.390. The number of anilines is 1. The first-order valence-corrected chi connectivity index (χ1v) is 11.2. The molecular weight excluding hydrogens is 464 g/mol. The largest absolute Gasteiger partial charge is 0.497 e. The Morgan fingerprint density at radius 3 is 2.39 bits per heavy atom. The number of hydrazone groups is 1. The highest BCUT2D eigenvalue weighted by Gasteiger charge is 2.47. The van der Waals surface area contributed by atoms with Crippen molar-refractivity contribution in [1.82, 2.24) is 9.91 Å². The molecule has 2 aliphatic rings. The first-order chi connectivity index (χ1) is 17.4. The van der Waals surface area contributed by atoms with Gasteiger partial charge < -0.3 is 9.15 Å². The lowest BCUT2D eigenvalue weighted by Crippen LogP contribution is -2.42. The van der Waals surface area contributed by atoms with Crippen molar-refractivity contribution in [1.29, 1.82) is 0 Å². The zero-order valence-corrected chi connectivity index (χ0v) is 19.6. The van der Waals surface area contributed by atoms with Gasteiger partial charge in [-0.15, -0.1) is 0 Å². The number of methoxy groups -OCH3 is 1. The van der Waals surface area contributed by atoms with Crippen molar-refractivity contribution in [3.63, 3.8) is 0 Å². The van der Waals surface area contributed by atoms with E-state index < -0.39 is 36.3 Å². The minimum atomic E-state index is -1.07. The molecular formula is C26H22N4O6. The van der Waals surface area contributed by atoms with E-state index in [1.54, 1.807) is 55.6 Å². The summed E-state index contributed by atoms with van der Waals surface area (Å²) in [5.74, 6) is -1.51. The van der Waals surface area contributed by atoms with Crippen LogP contribution in [0.15, 0.2) is 76.4 Å². The Hall–Kier alpha value is -4.73. The number of imide groups is 2. The number of aryl methyl sites for hydroxylation is 1. The predicted octanol–water partition coefficient (Wildman–Crippen LogP) is 3.27. The van der Waals surface area contributed by atoms with Gasteiger partial charge in [0.25, 0.3) is 5.91 Å². The smallest absolute Gasteiger partial charge is 0.339 e. The highest BCUT2D eigenvalue weighted by Crippen LogP contribution is 2.34. The fourth-order valence-electron chi connectivity index (χ4n) is 4.17. The molecule has 2 aromatic carbocycles. The summed E-state index contributed by atoms with van der Waals surface area (Å²) in [5, 5.41) is 5.71. The van der Waals surface area contributed by atoms with Crippen LogP contribution in [0.4, 0.5) is 10.5 Å². The van der Waals surface area contributed by atoms with Crippen molar-refractivity contribution in [2.75, 3.05) is 18.6 Å². The average molecular weight is 486 g/mol. The number of rotatable bonds is 6. The second-order valence-corrected chi connectivity index (χ2v) is 8.40. The van der Waals surface area contributed by atoms with Crippen molar-refractivity contribution in [2.45, 2.75) is 19.4 Å². The lowest BCUT2D eigenvalue weighted by Gasteiger charge is -2.22. The van der Waals surface area contributed by atoms with Crippen molar-refractivity contribution < 1.29 is 28.3 Å². The molecule has 182 valence electrons. The van der Waals surface area contributed by atoms with Crippen LogP contribution in [0.1, 0.15) is 29.3 Å². The van der Waals surface area contributed by atoms with Crippen LogP contribution in [-0.4, -0.2) is 53.0 Å². The molecule has 2 aliphatic heterocycles. The average Bonchev–Trinajstić information content (AvgIpc) is 3.62. The summed E-state index contributed by atoms with van der Waals surface area (Å²) in [7, 11) is 1.57. The Balaban J connectivity index is 1.40. The van der Waals surface area contributed by atoms with Crippen molar-refractivity contribution in [3.05, 3.63) is 83.8 Å². The van der Waals surface area contributed by atoms with E-state index >= 15 is 0 Å². The Morgan fingerprint density at radius 2 is 1.75 bits per heavy atom. The topological polar surface area (TPSA) is 113 Å². The van der Waals surface area contributed by atoms with E-state index in [4.69, 9.17) is 9.15 Å².